The number of rotatable bonds is 4. The number of methoxy groups -OCH3 is 1. The third kappa shape index (κ3) is 3.40. The van der Waals surface area contributed by atoms with Gasteiger partial charge in [0.05, 0.1) is 18.2 Å². The Kier molecular flexibility index (Phi) is 5.12. The molecule has 3 heterocycles. The predicted octanol–water partition coefficient (Wildman–Crippen LogP) is 2.25. The van der Waals surface area contributed by atoms with Gasteiger partial charge in [0.1, 0.15) is 11.7 Å². The fourth-order valence-corrected chi connectivity index (χ4v) is 4.37. The maximum atomic E-state index is 14.2. The Morgan fingerprint density at radius 2 is 2.06 bits per heavy atom. The number of halogens is 3. The molecule has 164 valence electrons. The summed E-state index contributed by atoms with van der Waals surface area (Å²) in [7, 11) is 2.73. The van der Waals surface area contributed by atoms with Crippen molar-refractivity contribution in [3.63, 3.8) is 0 Å². The number of nitrogens with zero attached hydrogens (tertiary/aromatic N) is 3. The van der Waals surface area contributed by atoms with Crippen LogP contribution in [0.1, 0.15) is 28.9 Å². The molecule has 4 rings (SSSR count). The van der Waals surface area contributed by atoms with Crippen molar-refractivity contribution in [1.82, 2.24) is 14.0 Å². The molecule has 0 amide bonds. The molecule has 0 saturated carbocycles. The number of aromatic nitrogens is 3. The monoisotopic (exact) mass is 434 g/mol. The maximum absolute atomic E-state index is 14.2. The van der Waals surface area contributed by atoms with Crippen molar-refractivity contribution >= 4 is 11.6 Å². The summed E-state index contributed by atoms with van der Waals surface area (Å²) in [6.07, 6.45) is -0.338. The molecule has 0 aromatic carbocycles. The van der Waals surface area contributed by atoms with Crippen LogP contribution in [0.15, 0.2) is 29.3 Å². The molecule has 0 spiro atoms. The van der Waals surface area contributed by atoms with Crippen LogP contribution in [0.25, 0.3) is 16.8 Å². The normalized spacial score (nSPS) is 14.6. The number of pyridine rings is 2. The Balaban J connectivity index is 1.97. The number of esters is 1. The largest absolute Gasteiger partial charge is 0.468 e. The first-order valence-corrected chi connectivity index (χ1v) is 9.75. The van der Waals surface area contributed by atoms with Gasteiger partial charge < -0.3 is 19.4 Å². The lowest BCUT2D eigenvalue weighted by atomic mass is 9.95. The molecule has 0 saturated heterocycles. The number of carbonyl (C=O) groups is 1. The van der Waals surface area contributed by atoms with Crippen LogP contribution in [0.3, 0.4) is 0 Å². The highest BCUT2D eigenvalue weighted by Crippen LogP contribution is 2.42. The van der Waals surface area contributed by atoms with Gasteiger partial charge in [-0.25, -0.2) is 4.98 Å². The zero-order valence-electron chi connectivity index (χ0n) is 17.0. The lowest BCUT2D eigenvalue weighted by Gasteiger charge is -2.20. The van der Waals surface area contributed by atoms with Gasteiger partial charge >= 0.3 is 12.1 Å². The van der Waals surface area contributed by atoms with Crippen molar-refractivity contribution < 1.29 is 22.7 Å². The summed E-state index contributed by atoms with van der Waals surface area (Å²) in [4.78, 5) is 29.0. The topological polar surface area (TPSA) is 91.6 Å². The number of fused-ring (bicyclic) bond motifs is 2. The number of hydrogen-bond acceptors (Lipinski definition) is 5. The van der Waals surface area contributed by atoms with Crippen LogP contribution in [-0.4, -0.2) is 33.1 Å². The van der Waals surface area contributed by atoms with Gasteiger partial charge in [-0.15, -0.1) is 0 Å². The SMILES string of the molecule is COC(=O)[C@@H](N)Cc1ccc(-c2c(C(F)(F)F)c3c(n(C)c2=O)CCC3)c2nccn12. The third-order valence-electron chi connectivity index (χ3n) is 5.78. The van der Waals surface area contributed by atoms with E-state index < -0.39 is 34.9 Å². The summed E-state index contributed by atoms with van der Waals surface area (Å²) in [5.74, 6) is -0.607. The van der Waals surface area contributed by atoms with Gasteiger partial charge in [-0.2, -0.15) is 13.2 Å². The van der Waals surface area contributed by atoms with Gasteiger partial charge in [0.2, 0.25) is 0 Å². The fraction of sp³-hybridized carbons (Fsp3) is 0.381. The molecule has 0 bridgehead atoms. The van der Waals surface area contributed by atoms with Crippen molar-refractivity contribution in [2.75, 3.05) is 7.11 Å². The van der Waals surface area contributed by atoms with E-state index in [4.69, 9.17) is 5.73 Å². The molecule has 0 fully saturated rings. The van der Waals surface area contributed by atoms with E-state index >= 15 is 0 Å². The smallest absolute Gasteiger partial charge is 0.417 e. The fourth-order valence-electron chi connectivity index (χ4n) is 4.37. The minimum Gasteiger partial charge on any atom is -0.468 e. The number of hydrogen-bond donors (Lipinski definition) is 1. The van der Waals surface area contributed by atoms with Crippen molar-refractivity contribution in [1.29, 1.82) is 0 Å². The zero-order valence-corrected chi connectivity index (χ0v) is 17.0. The van der Waals surface area contributed by atoms with Crippen LogP contribution in [0.5, 0.6) is 0 Å². The summed E-state index contributed by atoms with van der Waals surface area (Å²) in [5, 5.41) is 0. The first kappa shape index (κ1) is 21.1. The Labute approximate surface area is 175 Å². The molecule has 2 N–H and O–H groups in total. The Bertz CT molecular complexity index is 1240. The Hall–Kier alpha value is -3.14. The average Bonchev–Trinajstić information content (AvgIpc) is 3.39. The number of alkyl halides is 3. The molecule has 31 heavy (non-hydrogen) atoms. The van der Waals surface area contributed by atoms with Crippen molar-refractivity contribution in [2.24, 2.45) is 12.8 Å². The van der Waals surface area contributed by atoms with E-state index in [-0.39, 0.29) is 29.6 Å². The molecule has 3 aromatic rings. The second kappa shape index (κ2) is 7.52. The van der Waals surface area contributed by atoms with E-state index in [0.29, 0.717) is 24.2 Å². The number of imidazole rings is 1. The Morgan fingerprint density at radius 1 is 1.32 bits per heavy atom. The van der Waals surface area contributed by atoms with Crippen LogP contribution in [-0.2, 0) is 42.0 Å². The lowest BCUT2D eigenvalue weighted by Crippen LogP contribution is -2.34. The van der Waals surface area contributed by atoms with E-state index in [9.17, 15) is 22.8 Å². The highest BCUT2D eigenvalue weighted by Gasteiger charge is 2.41. The number of nitrogens with two attached hydrogens (primary N) is 1. The first-order chi connectivity index (χ1) is 14.6. The number of carbonyl (C=O) groups excluding carboxylic acids is 1. The van der Waals surface area contributed by atoms with Crippen LogP contribution in [0.4, 0.5) is 13.2 Å². The molecule has 7 nitrogen and oxygen atoms in total. The minimum atomic E-state index is -4.69. The summed E-state index contributed by atoms with van der Waals surface area (Å²) < 4.78 is 50.0. The quantitative estimate of drug-likeness (QED) is 0.636. The summed E-state index contributed by atoms with van der Waals surface area (Å²) >= 11 is 0. The van der Waals surface area contributed by atoms with Crippen LogP contribution < -0.4 is 11.3 Å². The second-order valence-electron chi connectivity index (χ2n) is 7.58. The number of ether oxygens (including phenoxy) is 1. The maximum Gasteiger partial charge on any atom is 0.417 e. The molecule has 0 unspecified atom stereocenters. The molecule has 1 aliphatic carbocycles. The molecule has 1 atom stereocenters. The van der Waals surface area contributed by atoms with E-state index in [1.807, 2.05) is 0 Å². The summed E-state index contributed by atoms with van der Waals surface area (Å²) in [6.45, 7) is 0. The average molecular weight is 434 g/mol. The van der Waals surface area contributed by atoms with Gasteiger partial charge in [-0.1, -0.05) is 0 Å². The van der Waals surface area contributed by atoms with E-state index in [1.165, 1.54) is 31.0 Å². The summed E-state index contributed by atoms with van der Waals surface area (Å²) in [6, 6.07) is 2.05. The third-order valence-corrected chi connectivity index (χ3v) is 5.78. The van der Waals surface area contributed by atoms with E-state index in [2.05, 4.69) is 9.72 Å². The van der Waals surface area contributed by atoms with E-state index in [1.54, 1.807) is 16.7 Å². The van der Waals surface area contributed by atoms with Gasteiger partial charge in [0.15, 0.2) is 0 Å². The zero-order chi connectivity index (χ0) is 22.5. The van der Waals surface area contributed by atoms with Crippen molar-refractivity contribution in [3.8, 4) is 11.1 Å². The molecular weight excluding hydrogens is 413 g/mol. The van der Waals surface area contributed by atoms with Crippen LogP contribution >= 0.6 is 0 Å². The summed E-state index contributed by atoms with van der Waals surface area (Å²) in [5.41, 5.74) is 5.28. The molecule has 0 radical (unpaired) electrons. The molecule has 3 aromatic heterocycles. The van der Waals surface area contributed by atoms with Gasteiger partial charge in [0.25, 0.3) is 5.56 Å². The van der Waals surface area contributed by atoms with Gasteiger partial charge in [-0.05, 0) is 37.0 Å². The van der Waals surface area contributed by atoms with Gasteiger partial charge in [-0.3, -0.25) is 9.59 Å². The van der Waals surface area contributed by atoms with Crippen molar-refractivity contribution in [3.05, 3.63) is 57.4 Å². The predicted molar refractivity (Wildman–Crippen MR) is 107 cm³/mol. The Morgan fingerprint density at radius 3 is 2.74 bits per heavy atom. The first-order valence-electron chi connectivity index (χ1n) is 9.75. The van der Waals surface area contributed by atoms with E-state index in [0.717, 1.165) is 0 Å². The standard InChI is InChI=1S/C21H21F3N4O3/c1-27-15-5-3-4-12(15)17(21(22,23)24)16(19(27)29)13-7-6-11(10-14(25)20(30)31-2)28-9-8-26-18(13)28/h6-9,14H,3-5,10,25H2,1-2H3/t14-/m0/s1. The minimum absolute atomic E-state index is 0.0861. The molecule has 0 aliphatic heterocycles. The molecule has 1 aliphatic rings. The highest BCUT2D eigenvalue weighted by atomic mass is 19.4. The second-order valence-corrected chi connectivity index (χ2v) is 7.58. The van der Waals surface area contributed by atoms with Crippen molar-refractivity contribution in [2.45, 2.75) is 37.9 Å². The van der Waals surface area contributed by atoms with Gasteiger partial charge in [0, 0.05) is 42.8 Å². The molecule has 10 heteroatoms. The highest BCUT2D eigenvalue weighted by molar-refractivity contribution is 5.81. The van der Waals surface area contributed by atoms with Crippen LogP contribution in [0.2, 0.25) is 0 Å². The van der Waals surface area contributed by atoms with Crippen LogP contribution in [0, 0.1) is 0 Å². The lowest BCUT2D eigenvalue weighted by molar-refractivity contribution is -0.142. The molecular formula is C21H21F3N4O3.